The molecule has 2 aromatic carbocycles. The zero-order valence-electron chi connectivity index (χ0n) is 19.5. The largest absolute Gasteiger partial charge is 0.354 e. The average molecular weight is 490 g/mol. The summed E-state index contributed by atoms with van der Waals surface area (Å²) < 4.78 is 27.3. The van der Waals surface area contributed by atoms with Gasteiger partial charge < -0.3 is 15.1 Å². The van der Waals surface area contributed by atoms with E-state index in [-0.39, 0.29) is 10.1 Å². The van der Waals surface area contributed by atoms with Crippen LogP contribution in [-0.2, 0) is 9.84 Å². The van der Waals surface area contributed by atoms with Gasteiger partial charge in [0.1, 0.15) is 11.6 Å². The smallest absolute Gasteiger partial charge is 0.255 e. The highest BCUT2D eigenvalue weighted by Gasteiger charge is 2.27. The molecule has 10 heteroatoms. The summed E-state index contributed by atoms with van der Waals surface area (Å²) in [6.45, 7) is 3.28. The van der Waals surface area contributed by atoms with Crippen LogP contribution in [-0.4, -0.2) is 66.7 Å². The number of anilines is 3. The van der Waals surface area contributed by atoms with Gasteiger partial charge in [-0.25, -0.2) is 18.4 Å². The molecule has 0 bridgehead atoms. The lowest BCUT2D eigenvalue weighted by Crippen LogP contribution is -2.45. The molecule has 3 heterocycles. The van der Waals surface area contributed by atoms with Gasteiger partial charge in [0.15, 0.2) is 5.82 Å². The molecule has 0 atom stereocenters. The highest BCUT2D eigenvalue weighted by molar-refractivity contribution is 7.91. The maximum absolute atomic E-state index is 13.7. The summed E-state index contributed by atoms with van der Waals surface area (Å²) in [4.78, 5) is 13.5. The molecule has 4 aromatic rings. The van der Waals surface area contributed by atoms with Crippen molar-refractivity contribution in [2.75, 3.05) is 43.4 Å². The number of aromatic amines is 1. The number of H-pyrrole nitrogens is 1. The molecule has 0 unspecified atom stereocenters. The van der Waals surface area contributed by atoms with E-state index in [4.69, 9.17) is 0 Å². The summed E-state index contributed by atoms with van der Waals surface area (Å²) in [5.74, 6) is 2.15. The van der Waals surface area contributed by atoms with Gasteiger partial charge in [-0.15, -0.1) is 0 Å². The second kappa shape index (κ2) is 8.62. The molecule has 1 aliphatic carbocycles. The molecule has 2 aliphatic rings. The second-order valence-corrected chi connectivity index (χ2v) is 11.1. The molecule has 35 heavy (non-hydrogen) atoms. The standard InChI is InChI=1S/C25H27N7O2S/c1-31-10-12-32(13-11-31)24-16-22(26-23-15-21(29-30-23)18-6-7-18)27-25(28-24)35(33,34)20-9-8-17-4-2-3-5-19(17)14-20/h2-5,8-9,14-16,18H,6-7,10-13H2,1H3,(H2,26,27,28,29,30). The lowest BCUT2D eigenvalue weighted by atomic mass is 10.1. The molecule has 0 radical (unpaired) electrons. The van der Waals surface area contributed by atoms with Gasteiger partial charge in [0.25, 0.3) is 5.16 Å². The van der Waals surface area contributed by atoms with E-state index in [1.165, 1.54) is 0 Å². The molecule has 1 aliphatic heterocycles. The van der Waals surface area contributed by atoms with Crippen LogP contribution in [0.2, 0.25) is 0 Å². The maximum atomic E-state index is 13.7. The van der Waals surface area contributed by atoms with E-state index in [1.807, 2.05) is 36.4 Å². The zero-order chi connectivity index (χ0) is 24.0. The number of benzene rings is 2. The number of hydrogen-bond donors (Lipinski definition) is 2. The summed E-state index contributed by atoms with van der Waals surface area (Å²) in [5.41, 5.74) is 1.09. The molecule has 9 nitrogen and oxygen atoms in total. The number of nitrogens with one attached hydrogen (secondary N) is 2. The Morgan fingerprint density at radius 2 is 1.69 bits per heavy atom. The van der Waals surface area contributed by atoms with Crippen molar-refractivity contribution in [1.29, 1.82) is 0 Å². The third kappa shape index (κ3) is 4.46. The van der Waals surface area contributed by atoms with Gasteiger partial charge in [-0.2, -0.15) is 5.10 Å². The van der Waals surface area contributed by atoms with Crippen LogP contribution in [0.1, 0.15) is 24.5 Å². The van der Waals surface area contributed by atoms with Crippen LogP contribution in [0.15, 0.2) is 64.6 Å². The van der Waals surface area contributed by atoms with Crippen molar-refractivity contribution >= 4 is 38.1 Å². The van der Waals surface area contributed by atoms with E-state index in [1.54, 1.807) is 18.2 Å². The highest BCUT2D eigenvalue weighted by Crippen LogP contribution is 2.39. The minimum absolute atomic E-state index is 0.175. The zero-order valence-corrected chi connectivity index (χ0v) is 20.3. The Balaban J connectivity index is 1.39. The van der Waals surface area contributed by atoms with Gasteiger partial charge in [0.2, 0.25) is 9.84 Å². The molecular weight excluding hydrogens is 462 g/mol. The van der Waals surface area contributed by atoms with Crippen molar-refractivity contribution in [2.45, 2.75) is 28.8 Å². The fourth-order valence-corrected chi connectivity index (χ4v) is 5.54. The number of likely N-dealkylation sites (N-methyl/N-ethyl adjacent to an activating group) is 1. The second-order valence-electron chi connectivity index (χ2n) is 9.30. The first kappa shape index (κ1) is 22.0. The Labute approximate surface area is 204 Å². The van der Waals surface area contributed by atoms with Crippen molar-refractivity contribution in [2.24, 2.45) is 0 Å². The minimum atomic E-state index is -3.94. The third-order valence-corrected chi connectivity index (χ3v) is 8.20. The molecular formula is C25H27N7O2S. The number of piperazine rings is 1. The van der Waals surface area contributed by atoms with Crippen LogP contribution in [0.5, 0.6) is 0 Å². The SMILES string of the molecule is CN1CCN(c2cc(Nc3cc(C4CC4)[nH]n3)nc(S(=O)(=O)c3ccc4ccccc4c3)n2)CC1. The summed E-state index contributed by atoms with van der Waals surface area (Å²) in [7, 11) is -1.86. The number of sulfone groups is 1. The number of aromatic nitrogens is 4. The number of hydrogen-bond acceptors (Lipinski definition) is 8. The third-order valence-electron chi connectivity index (χ3n) is 6.66. The van der Waals surface area contributed by atoms with Crippen LogP contribution in [0.4, 0.5) is 17.5 Å². The Bertz CT molecular complexity index is 1490. The van der Waals surface area contributed by atoms with Crippen molar-refractivity contribution < 1.29 is 8.42 Å². The van der Waals surface area contributed by atoms with Gasteiger partial charge in [0, 0.05) is 49.9 Å². The van der Waals surface area contributed by atoms with E-state index >= 15 is 0 Å². The Morgan fingerprint density at radius 1 is 0.914 bits per heavy atom. The molecule has 1 saturated carbocycles. The molecule has 0 spiro atoms. The Kier molecular flexibility index (Phi) is 5.42. The van der Waals surface area contributed by atoms with E-state index in [9.17, 15) is 8.42 Å². The minimum Gasteiger partial charge on any atom is -0.354 e. The number of nitrogens with zero attached hydrogens (tertiary/aromatic N) is 5. The number of rotatable bonds is 6. The van der Waals surface area contributed by atoms with Crippen LogP contribution in [0, 0.1) is 0 Å². The quantitative estimate of drug-likeness (QED) is 0.396. The highest BCUT2D eigenvalue weighted by atomic mass is 32.2. The van der Waals surface area contributed by atoms with Crippen molar-refractivity contribution in [1.82, 2.24) is 25.1 Å². The van der Waals surface area contributed by atoms with Crippen LogP contribution in [0.25, 0.3) is 10.8 Å². The first-order chi connectivity index (χ1) is 17.0. The Hall–Kier alpha value is -3.50. The van der Waals surface area contributed by atoms with E-state index < -0.39 is 9.84 Å². The lowest BCUT2D eigenvalue weighted by molar-refractivity contribution is 0.312. The van der Waals surface area contributed by atoms with Crippen LogP contribution in [0.3, 0.4) is 0 Å². The fraction of sp³-hybridized carbons (Fsp3) is 0.320. The van der Waals surface area contributed by atoms with Crippen molar-refractivity contribution in [3.8, 4) is 0 Å². The predicted octanol–water partition coefficient (Wildman–Crippen LogP) is 3.56. The van der Waals surface area contributed by atoms with Gasteiger partial charge in [0.05, 0.1) is 4.90 Å². The van der Waals surface area contributed by atoms with Crippen molar-refractivity contribution in [3.05, 3.63) is 60.3 Å². The van der Waals surface area contributed by atoms with Gasteiger partial charge in [-0.3, -0.25) is 5.10 Å². The predicted molar refractivity (Wildman–Crippen MR) is 135 cm³/mol. The molecule has 6 rings (SSSR count). The van der Waals surface area contributed by atoms with E-state index in [0.29, 0.717) is 23.4 Å². The summed E-state index contributed by atoms with van der Waals surface area (Å²) in [6.07, 6.45) is 2.33. The monoisotopic (exact) mass is 489 g/mol. The van der Waals surface area contributed by atoms with Gasteiger partial charge >= 0.3 is 0 Å². The normalized spacial score (nSPS) is 17.1. The maximum Gasteiger partial charge on any atom is 0.255 e. The molecule has 0 amide bonds. The van der Waals surface area contributed by atoms with Gasteiger partial charge in [-0.05, 0) is 42.8 Å². The number of fused-ring (bicyclic) bond motifs is 1. The van der Waals surface area contributed by atoms with E-state index in [2.05, 4.69) is 42.3 Å². The van der Waals surface area contributed by atoms with Gasteiger partial charge in [-0.1, -0.05) is 30.3 Å². The summed E-state index contributed by atoms with van der Waals surface area (Å²) >= 11 is 0. The van der Waals surface area contributed by atoms with E-state index in [0.717, 1.165) is 55.5 Å². The first-order valence-corrected chi connectivity index (χ1v) is 13.3. The Morgan fingerprint density at radius 3 is 2.46 bits per heavy atom. The first-order valence-electron chi connectivity index (χ1n) is 11.8. The van der Waals surface area contributed by atoms with Crippen molar-refractivity contribution in [3.63, 3.8) is 0 Å². The fourth-order valence-electron chi connectivity index (χ4n) is 4.37. The summed E-state index contributed by atoms with van der Waals surface area (Å²) in [5, 5.41) is 12.2. The molecule has 2 N–H and O–H groups in total. The molecule has 180 valence electrons. The summed E-state index contributed by atoms with van der Waals surface area (Å²) in [6, 6.07) is 16.6. The van der Waals surface area contributed by atoms with Crippen LogP contribution < -0.4 is 10.2 Å². The lowest BCUT2D eigenvalue weighted by Gasteiger charge is -2.33. The molecule has 2 fully saturated rings. The topological polar surface area (TPSA) is 107 Å². The molecule has 2 aromatic heterocycles. The van der Waals surface area contributed by atoms with Crippen LogP contribution >= 0.6 is 0 Å². The average Bonchev–Trinajstić information content (AvgIpc) is 3.62. The molecule has 1 saturated heterocycles.